The molecule has 1 N–H and O–H groups in total. The van der Waals surface area contributed by atoms with Crippen LogP contribution in [0.4, 0.5) is 11.4 Å². The second kappa shape index (κ2) is 6.33. The second-order valence-corrected chi connectivity index (χ2v) is 4.80. The van der Waals surface area contributed by atoms with Crippen LogP contribution in [0.15, 0.2) is 18.2 Å². The molecule has 1 rings (SSSR count). The van der Waals surface area contributed by atoms with E-state index in [1.165, 1.54) is 23.1 Å². The van der Waals surface area contributed by atoms with Crippen LogP contribution < -0.4 is 4.90 Å². The maximum absolute atomic E-state index is 11.9. The van der Waals surface area contributed by atoms with Gasteiger partial charge in [-0.15, -0.1) is 0 Å². The molecule has 0 aliphatic heterocycles. The minimum absolute atomic E-state index is 0.0943. The van der Waals surface area contributed by atoms with Gasteiger partial charge in [0, 0.05) is 38.8 Å². The van der Waals surface area contributed by atoms with Gasteiger partial charge in [0.05, 0.1) is 11.5 Å². The van der Waals surface area contributed by atoms with Gasteiger partial charge in [0.1, 0.15) is 5.69 Å². The number of nitro groups is 1. The summed E-state index contributed by atoms with van der Waals surface area (Å²) in [6.45, 7) is 1.60. The smallest absolute Gasteiger partial charge is 0.292 e. The van der Waals surface area contributed by atoms with Gasteiger partial charge >= 0.3 is 0 Å². The Morgan fingerprint density at radius 3 is 2.45 bits per heavy atom. The molecule has 0 fully saturated rings. The van der Waals surface area contributed by atoms with Gasteiger partial charge in [0.15, 0.2) is 0 Å². The average Bonchev–Trinajstić information content (AvgIpc) is 2.43. The van der Waals surface area contributed by atoms with Crippen molar-refractivity contribution in [2.75, 3.05) is 32.6 Å². The quantitative estimate of drug-likeness (QED) is 0.645. The lowest BCUT2D eigenvalue weighted by molar-refractivity contribution is -0.384. The molecular formula is C13H19N3O4. The first-order valence-electron chi connectivity index (χ1n) is 6.13. The maximum atomic E-state index is 11.9. The molecule has 0 saturated heterocycles. The molecule has 1 atom stereocenters. The van der Waals surface area contributed by atoms with Crippen molar-refractivity contribution in [1.29, 1.82) is 0 Å². The van der Waals surface area contributed by atoms with Gasteiger partial charge in [-0.05, 0) is 19.1 Å². The molecule has 20 heavy (non-hydrogen) atoms. The fourth-order valence-corrected chi connectivity index (χ4v) is 1.71. The number of rotatable bonds is 5. The number of carbonyl (C=O) groups is 1. The summed E-state index contributed by atoms with van der Waals surface area (Å²) < 4.78 is 0. The predicted molar refractivity (Wildman–Crippen MR) is 76.1 cm³/mol. The third-order valence-electron chi connectivity index (χ3n) is 3.13. The zero-order valence-electron chi connectivity index (χ0n) is 12.0. The van der Waals surface area contributed by atoms with Gasteiger partial charge in [0.25, 0.3) is 11.6 Å². The van der Waals surface area contributed by atoms with Crippen LogP contribution >= 0.6 is 0 Å². The third kappa shape index (κ3) is 3.24. The zero-order chi connectivity index (χ0) is 15.4. The Morgan fingerprint density at radius 1 is 1.40 bits per heavy atom. The number of benzene rings is 1. The molecule has 0 radical (unpaired) electrons. The number of likely N-dealkylation sites (N-methyl/N-ethyl adjacent to an activating group) is 1. The number of nitro benzene ring substituents is 1. The van der Waals surface area contributed by atoms with Crippen molar-refractivity contribution in [1.82, 2.24) is 4.90 Å². The molecule has 0 aromatic heterocycles. The average molecular weight is 281 g/mol. The Bertz CT molecular complexity index is 516. The van der Waals surface area contributed by atoms with Crippen molar-refractivity contribution in [3.8, 4) is 0 Å². The molecular weight excluding hydrogens is 262 g/mol. The number of hydrogen-bond acceptors (Lipinski definition) is 5. The molecule has 7 nitrogen and oxygen atoms in total. The lowest BCUT2D eigenvalue weighted by Crippen LogP contribution is -2.32. The van der Waals surface area contributed by atoms with E-state index in [2.05, 4.69) is 0 Å². The predicted octanol–water partition coefficient (Wildman–Crippen LogP) is 1.11. The first kappa shape index (κ1) is 15.9. The van der Waals surface area contributed by atoms with Crippen molar-refractivity contribution < 1.29 is 14.8 Å². The summed E-state index contributed by atoms with van der Waals surface area (Å²) in [5, 5.41) is 20.2. The summed E-state index contributed by atoms with van der Waals surface area (Å²) in [6, 6.07) is 3.93. The first-order valence-corrected chi connectivity index (χ1v) is 6.13. The molecule has 0 aliphatic carbocycles. The van der Waals surface area contributed by atoms with E-state index in [4.69, 9.17) is 0 Å². The van der Waals surface area contributed by atoms with Crippen LogP contribution in [0.1, 0.15) is 17.3 Å². The van der Waals surface area contributed by atoms with E-state index in [9.17, 15) is 20.0 Å². The SMILES string of the molecule is CC(CO)N(C)c1cc(C(=O)N(C)C)ccc1[N+](=O)[O-]. The highest BCUT2D eigenvalue weighted by Crippen LogP contribution is 2.30. The van der Waals surface area contributed by atoms with Crippen molar-refractivity contribution in [3.63, 3.8) is 0 Å². The van der Waals surface area contributed by atoms with E-state index in [1.807, 2.05) is 0 Å². The lowest BCUT2D eigenvalue weighted by atomic mass is 10.1. The van der Waals surface area contributed by atoms with Gasteiger partial charge in [-0.2, -0.15) is 0 Å². The Hall–Kier alpha value is -2.15. The molecule has 0 bridgehead atoms. The highest BCUT2D eigenvalue weighted by atomic mass is 16.6. The minimum atomic E-state index is -0.500. The Balaban J connectivity index is 3.33. The van der Waals surface area contributed by atoms with E-state index in [0.29, 0.717) is 11.3 Å². The van der Waals surface area contributed by atoms with E-state index in [-0.39, 0.29) is 24.2 Å². The van der Waals surface area contributed by atoms with E-state index < -0.39 is 4.92 Å². The summed E-state index contributed by atoms with van der Waals surface area (Å²) >= 11 is 0. The van der Waals surface area contributed by atoms with Crippen LogP contribution in [0, 0.1) is 10.1 Å². The number of aliphatic hydroxyl groups excluding tert-OH is 1. The number of nitrogens with zero attached hydrogens (tertiary/aromatic N) is 3. The number of carbonyl (C=O) groups excluding carboxylic acids is 1. The second-order valence-electron chi connectivity index (χ2n) is 4.80. The fourth-order valence-electron chi connectivity index (χ4n) is 1.71. The maximum Gasteiger partial charge on any atom is 0.292 e. The fraction of sp³-hybridized carbons (Fsp3) is 0.462. The lowest BCUT2D eigenvalue weighted by Gasteiger charge is -2.25. The molecule has 7 heteroatoms. The topological polar surface area (TPSA) is 86.9 Å². The van der Waals surface area contributed by atoms with E-state index >= 15 is 0 Å². The summed E-state index contributed by atoms with van der Waals surface area (Å²) in [5.41, 5.74) is 0.583. The minimum Gasteiger partial charge on any atom is -0.394 e. The van der Waals surface area contributed by atoms with Gasteiger partial charge < -0.3 is 14.9 Å². The zero-order valence-corrected chi connectivity index (χ0v) is 12.0. The summed E-state index contributed by atoms with van der Waals surface area (Å²) in [4.78, 5) is 25.5. The summed E-state index contributed by atoms with van der Waals surface area (Å²) in [7, 11) is 4.88. The van der Waals surface area contributed by atoms with Crippen LogP contribution in [0.3, 0.4) is 0 Å². The number of aliphatic hydroxyl groups is 1. The van der Waals surface area contributed by atoms with Crippen LogP contribution in [0.5, 0.6) is 0 Å². The number of anilines is 1. The standard InChI is InChI=1S/C13H19N3O4/c1-9(8-17)15(4)12-7-10(13(18)14(2)3)5-6-11(12)16(19)20/h5-7,9,17H,8H2,1-4H3. The Morgan fingerprint density at radius 2 is 2.00 bits per heavy atom. The van der Waals surface area contributed by atoms with Crippen LogP contribution in [-0.4, -0.2) is 54.6 Å². The van der Waals surface area contributed by atoms with Crippen molar-refractivity contribution >= 4 is 17.3 Å². The first-order chi connectivity index (χ1) is 9.29. The van der Waals surface area contributed by atoms with Crippen LogP contribution in [0.25, 0.3) is 0 Å². The van der Waals surface area contributed by atoms with Gasteiger partial charge in [-0.25, -0.2) is 0 Å². The Labute approximate surface area is 117 Å². The molecule has 0 heterocycles. The van der Waals surface area contributed by atoms with Gasteiger partial charge in [0.2, 0.25) is 0 Å². The molecule has 0 saturated carbocycles. The molecule has 110 valence electrons. The van der Waals surface area contributed by atoms with E-state index in [1.54, 1.807) is 33.0 Å². The molecule has 1 amide bonds. The monoisotopic (exact) mass is 281 g/mol. The third-order valence-corrected chi connectivity index (χ3v) is 3.13. The largest absolute Gasteiger partial charge is 0.394 e. The highest BCUT2D eigenvalue weighted by molar-refractivity contribution is 5.95. The highest BCUT2D eigenvalue weighted by Gasteiger charge is 2.22. The van der Waals surface area contributed by atoms with Gasteiger partial charge in [-0.3, -0.25) is 14.9 Å². The summed E-state index contributed by atoms with van der Waals surface area (Å²) in [5.74, 6) is -0.230. The molecule has 0 spiro atoms. The Kier molecular flexibility index (Phi) is 5.04. The van der Waals surface area contributed by atoms with Crippen molar-refractivity contribution in [3.05, 3.63) is 33.9 Å². The molecule has 1 aromatic rings. The van der Waals surface area contributed by atoms with Crippen molar-refractivity contribution in [2.45, 2.75) is 13.0 Å². The van der Waals surface area contributed by atoms with Crippen molar-refractivity contribution in [2.24, 2.45) is 0 Å². The van der Waals surface area contributed by atoms with Crippen LogP contribution in [-0.2, 0) is 0 Å². The van der Waals surface area contributed by atoms with Gasteiger partial charge in [-0.1, -0.05) is 0 Å². The normalized spacial score (nSPS) is 11.8. The number of amides is 1. The number of hydrogen-bond donors (Lipinski definition) is 1. The molecule has 1 aromatic carbocycles. The molecule has 0 aliphatic rings. The summed E-state index contributed by atoms with van der Waals surface area (Å²) in [6.07, 6.45) is 0. The van der Waals surface area contributed by atoms with Crippen LogP contribution in [0.2, 0.25) is 0 Å². The van der Waals surface area contributed by atoms with E-state index in [0.717, 1.165) is 0 Å². The molecule has 1 unspecified atom stereocenters.